The Morgan fingerprint density at radius 3 is 2.37 bits per heavy atom. The number of aromatic carboxylic acids is 1. The molecule has 19 heavy (non-hydrogen) atoms. The third-order valence-electron chi connectivity index (χ3n) is 2.91. The minimum atomic E-state index is -1.08. The number of nitrogens with zero attached hydrogens (tertiary/aromatic N) is 1. The highest BCUT2D eigenvalue weighted by molar-refractivity contribution is 7.15. The van der Waals surface area contributed by atoms with Gasteiger partial charge in [0.05, 0.1) is 4.88 Å². The zero-order valence-electron chi connectivity index (χ0n) is 11.7. The lowest BCUT2D eigenvalue weighted by Gasteiger charge is -2.14. The van der Waals surface area contributed by atoms with E-state index in [1.165, 1.54) is 4.88 Å². The summed E-state index contributed by atoms with van der Waals surface area (Å²) in [6.07, 6.45) is 0. The maximum absolute atomic E-state index is 11.3. The van der Waals surface area contributed by atoms with Crippen molar-refractivity contribution < 1.29 is 14.3 Å². The number of carboxylic acid groups (broad SMARTS) is 1. The van der Waals surface area contributed by atoms with Crippen molar-refractivity contribution in [3.05, 3.63) is 28.0 Å². The topological polar surface area (TPSA) is 63.3 Å². The van der Waals surface area contributed by atoms with E-state index in [4.69, 9.17) is 4.42 Å². The van der Waals surface area contributed by atoms with Gasteiger partial charge in [0.15, 0.2) is 0 Å². The first-order valence-corrected chi connectivity index (χ1v) is 6.84. The van der Waals surface area contributed by atoms with Crippen molar-refractivity contribution in [2.24, 2.45) is 0 Å². The van der Waals surface area contributed by atoms with Crippen LogP contribution in [-0.4, -0.2) is 16.1 Å². The summed E-state index contributed by atoms with van der Waals surface area (Å²) in [5, 5.41) is 9.22. The fourth-order valence-corrected chi connectivity index (χ4v) is 2.72. The van der Waals surface area contributed by atoms with Gasteiger partial charge in [0.1, 0.15) is 5.69 Å². The van der Waals surface area contributed by atoms with E-state index < -0.39 is 5.97 Å². The number of oxazole rings is 1. The van der Waals surface area contributed by atoms with Gasteiger partial charge < -0.3 is 9.52 Å². The molecule has 0 atom stereocenters. The van der Waals surface area contributed by atoms with Gasteiger partial charge in [-0.1, -0.05) is 20.8 Å². The molecular weight excluding hydrogens is 262 g/mol. The summed E-state index contributed by atoms with van der Waals surface area (Å²) in [6.45, 7) is 9.81. The fraction of sp³-hybridized carbons (Fsp3) is 0.429. The van der Waals surface area contributed by atoms with Crippen molar-refractivity contribution in [1.29, 1.82) is 0 Å². The summed E-state index contributed by atoms with van der Waals surface area (Å²) in [4.78, 5) is 17.7. The maximum Gasteiger partial charge on any atom is 0.373 e. The molecule has 0 saturated carbocycles. The average molecular weight is 279 g/mol. The molecule has 0 unspecified atom stereocenters. The number of thiophene rings is 1. The monoisotopic (exact) mass is 279 g/mol. The summed E-state index contributed by atoms with van der Waals surface area (Å²) < 4.78 is 5.46. The standard InChI is InChI=1S/C14H17NO3S/c1-7-6-9(19-8(7)2)12-15-11(14(3,4)5)10(18-12)13(16)17/h6H,1-5H3,(H,16,17). The van der Waals surface area contributed by atoms with E-state index in [1.807, 2.05) is 40.7 Å². The first-order chi connectivity index (χ1) is 8.70. The molecule has 0 saturated heterocycles. The van der Waals surface area contributed by atoms with Crippen LogP contribution in [0.25, 0.3) is 10.8 Å². The Bertz CT molecular complexity index is 612. The molecule has 4 nitrogen and oxygen atoms in total. The fourth-order valence-electron chi connectivity index (χ4n) is 1.76. The van der Waals surface area contributed by atoms with Crippen molar-refractivity contribution in [2.75, 3.05) is 0 Å². The van der Waals surface area contributed by atoms with Crippen LogP contribution < -0.4 is 0 Å². The molecule has 2 aromatic heterocycles. The van der Waals surface area contributed by atoms with E-state index in [0.29, 0.717) is 11.6 Å². The quantitative estimate of drug-likeness (QED) is 0.902. The Morgan fingerprint density at radius 2 is 2.00 bits per heavy atom. The molecular formula is C14H17NO3S. The van der Waals surface area contributed by atoms with Crippen molar-refractivity contribution in [1.82, 2.24) is 4.98 Å². The molecule has 0 radical (unpaired) electrons. The summed E-state index contributed by atoms with van der Waals surface area (Å²) in [5.41, 5.74) is 1.28. The van der Waals surface area contributed by atoms with Gasteiger partial charge in [-0.3, -0.25) is 0 Å². The second-order valence-electron chi connectivity index (χ2n) is 5.60. The van der Waals surface area contributed by atoms with Crippen molar-refractivity contribution >= 4 is 17.3 Å². The largest absolute Gasteiger partial charge is 0.475 e. The van der Waals surface area contributed by atoms with Gasteiger partial charge in [-0.25, -0.2) is 9.78 Å². The van der Waals surface area contributed by atoms with Crippen LogP contribution >= 0.6 is 11.3 Å². The van der Waals surface area contributed by atoms with Gasteiger partial charge in [0.2, 0.25) is 11.7 Å². The number of aryl methyl sites for hydroxylation is 2. The molecule has 0 aliphatic heterocycles. The highest BCUT2D eigenvalue weighted by atomic mass is 32.1. The number of hydrogen-bond acceptors (Lipinski definition) is 4. The first-order valence-electron chi connectivity index (χ1n) is 6.02. The summed E-state index contributed by atoms with van der Waals surface area (Å²) >= 11 is 1.56. The first kappa shape index (κ1) is 13.8. The van der Waals surface area contributed by atoms with Gasteiger partial charge in [-0.05, 0) is 25.5 Å². The molecule has 0 aliphatic rings. The molecule has 2 heterocycles. The number of hydrogen-bond donors (Lipinski definition) is 1. The second-order valence-corrected chi connectivity index (χ2v) is 6.86. The van der Waals surface area contributed by atoms with Gasteiger partial charge in [0, 0.05) is 10.3 Å². The van der Waals surface area contributed by atoms with Crippen LogP contribution in [0.3, 0.4) is 0 Å². The maximum atomic E-state index is 11.3. The van der Waals surface area contributed by atoms with Gasteiger partial charge in [0.25, 0.3) is 0 Å². The Kier molecular flexibility index (Phi) is 3.26. The molecule has 0 aliphatic carbocycles. The number of carbonyl (C=O) groups is 1. The number of rotatable bonds is 2. The molecule has 2 aromatic rings. The van der Waals surface area contributed by atoms with Crippen LogP contribution in [0.15, 0.2) is 10.5 Å². The zero-order valence-corrected chi connectivity index (χ0v) is 12.5. The van der Waals surface area contributed by atoms with E-state index in [9.17, 15) is 9.90 Å². The zero-order chi connectivity index (χ0) is 14.4. The van der Waals surface area contributed by atoms with Crippen LogP contribution in [0.1, 0.15) is 47.5 Å². The van der Waals surface area contributed by atoms with Crippen molar-refractivity contribution in [3.8, 4) is 10.8 Å². The van der Waals surface area contributed by atoms with Gasteiger partial charge in [-0.2, -0.15) is 0 Å². The summed E-state index contributed by atoms with van der Waals surface area (Å²) in [5.74, 6) is -0.747. The predicted molar refractivity (Wildman–Crippen MR) is 74.9 cm³/mol. The Hall–Kier alpha value is -1.62. The molecule has 0 spiro atoms. The Morgan fingerprint density at radius 1 is 1.37 bits per heavy atom. The average Bonchev–Trinajstić information content (AvgIpc) is 2.82. The van der Waals surface area contributed by atoms with Gasteiger partial charge >= 0.3 is 5.97 Å². The SMILES string of the molecule is Cc1cc(-c2nc(C(C)(C)C)c(C(=O)O)o2)sc1C. The van der Waals surface area contributed by atoms with Crippen LogP contribution in [0.4, 0.5) is 0 Å². The second kappa shape index (κ2) is 4.49. The van der Waals surface area contributed by atoms with Gasteiger partial charge in [-0.15, -0.1) is 11.3 Å². The van der Waals surface area contributed by atoms with E-state index in [-0.39, 0.29) is 11.2 Å². The molecule has 0 amide bonds. The molecule has 0 bridgehead atoms. The van der Waals surface area contributed by atoms with E-state index in [2.05, 4.69) is 4.98 Å². The molecule has 2 rings (SSSR count). The minimum absolute atomic E-state index is 0.0637. The minimum Gasteiger partial charge on any atom is -0.475 e. The predicted octanol–water partition coefficient (Wildman–Crippen LogP) is 4.02. The summed E-state index contributed by atoms with van der Waals surface area (Å²) in [7, 11) is 0. The summed E-state index contributed by atoms with van der Waals surface area (Å²) in [6, 6.07) is 1.98. The number of aromatic nitrogens is 1. The van der Waals surface area contributed by atoms with Crippen LogP contribution in [0.2, 0.25) is 0 Å². The molecule has 0 aromatic carbocycles. The van der Waals surface area contributed by atoms with E-state index >= 15 is 0 Å². The van der Waals surface area contributed by atoms with Crippen LogP contribution in [-0.2, 0) is 5.41 Å². The van der Waals surface area contributed by atoms with Crippen molar-refractivity contribution in [3.63, 3.8) is 0 Å². The van der Waals surface area contributed by atoms with Crippen LogP contribution in [0.5, 0.6) is 0 Å². The van der Waals surface area contributed by atoms with Crippen LogP contribution in [0, 0.1) is 13.8 Å². The lowest BCUT2D eigenvalue weighted by molar-refractivity contribution is 0.0659. The Balaban J connectivity index is 2.58. The highest BCUT2D eigenvalue weighted by Crippen LogP contribution is 2.34. The third-order valence-corrected chi connectivity index (χ3v) is 4.05. The molecule has 1 N–H and O–H groups in total. The molecule has 0 fully saturated rings. The molecule has 5 heteroatoms. The van der Waals surface area contributed by atoms with E-state index in [1.54, 1.807) is 11.3 Å². The van der Waals surface area contributed by atoms with E-state index in [0.717, 1.165) is 10.4 Å². The number of carboxylic acids is 1. The lowest BCUT2D eigenvalue weighted by Crippen LogP contribution is -2.16. The highest BCUT2D eigenvalue weighted by Gasteiger charge is 2.29. The molecule has 102 valence electrons. The normalized spacial score (nSPS) is 11.8. The third kappa shape index (κ3) is 2.56. The lowest BCUT2D eigenvalue weighted by atomic mass is 9.91. The smallest absolute Gasteiger partial charge is 0.373 e. The van der Waals surface area contributed by atoms with Crippen molar-refractivity contribution in [2.45, 2.75) is 40.0 Å². The Labute approximate surface area is 116 Å².